The zero-order valence-corrected chi connectivity index (χ0v) is 15.7. The second kappa shape index (κ2) is 7.31. The molecule has 29 heavy (non-hydrogen) atoms. The Labute approximate surface area is 168 Å². The minimum absolute atomic E-state index is 0.189. The molecule has 0 aliphatic carbocycles. The molecule has 0 saturated carbocycles. The predicted molar refractivity (Wildman–Crippen MR) is 114 cm³/mol. The normalized spacial score (nSPS) is 13.8. The average molecular weight is 381 g/mol. The van der Waals surface area contributed by atoms with Crippen molar-refractivity contribution in [2.24, 2.45) is 0 Å². The Bertz CT molecular complexity index is 1170. The molecule has 5 rings (SSSR count). The smallest absolute Gasteiger partial charge is 0.227 e. The number of benzene rings is 2. The number of carbonyl (C=O) groups excluding carboxylic acids is 1. The molecule has 1 amide bonds. The first-order valence-electron chi connectivity index (χ1n) is 9.62. The molecular weight excluding hydrogens is 362 g/mol. The average Bonchev–Trinajstić information content (AvgIpc) is 3.21. The fourth-order valence-electron chi connectivity index (χ4n) is 3.58. The Morgan fingerprint density at radius 1 is 0.931 bits per heavy atom. The monoisotopic (exact) mass is 381 g/mol. The summed E-state index contributed by atoms with van der Waals surface area (Å²) in [6.45, 7) is 0.788. The van der Waals surface area contributed by atoms with E-state index in [1.807, 2.05) is 65.6 Å². The lowest BCUT2D eigenvalue weighted by atomic mass is 10.2. The topological polar surface area (TPSA) is 71.0 Å². The number of hydrogen-bond donors (Lipinski definition) is 1. The SMILES string of the molecule is O=C1CCCN1c1ccc(Nc2nc(-c3cccnc3)nc3ccccc23)cc1. The Kier molecular flexibility index (Phi) is 4.37. The quantitative estimate of drug-likeness (QED) is 0.561. The number of carbonyl (C=O) groups is 1. The summed E-state index contributed by atoms with van der Waals surface area (Å²) in [5, 5.41) is 4.35. The van der Waals surface area contributed by atoms with Crippen molar-refractivity contribution in [2.75, 3.05) is 16.8 Å². The fraction of sp³-hybridized carbons (Fsp3) is 0.130. The van der Waals surface area contributed by atoms with E-state index in [2.05, 4.69) is 15.3 Å². The zero-order valence-electron chi connectivity index (χ0n) is 15.7. The van der Waals surface area contributed by atoms with E-state index in [1.54, 1.807) is 12.4 Å². The van der Waals surface area contributed by atoms with Gasteiger partial charge in [0.25, 0.3) is 0 Å². The van der Waals surface area contributed by atoms with Crippen LogP contribution in [-0.2, 0) is 4.79 Å². The van der Waals surface area contributed by atoms with E-state index in [0.717, 1.165) is 46.6 Å². The maximum atomic E-state index is 12.0. The highest BCUT2D eigenvalue weighted by atomic mass is 16.2. The number of amides is 1. The van der Waals surface area contributed by atoms with Crippen LogP contribution >= 0.6 is 0 Å². The Hall–Kier alpha value is -3.80. The van der Waals surface area contributed by atoms with Crippen molar-refractivity contribution in [1.29, 1.82) is 0 Å². The van der Waals surface area contributed by atoms with E-state index < -0.39 is 0 Å². The van der Waals surface area contributed by atoms with E-state index in [0.29, 0.717) is 12.2 Å². The molecule has 4 aromatic rings. The molecule has 1 aliphatic rings. The van der Waals surface area contributed by atoms with Crippen molar-refractivity contribution < 1.29 is 4.79 Å². The van der Waals surface area contributed by atoms with E-state index >= 15 is 0 Å². The molecule has 0 atom stereocenters. The van der Waals surface area contributed by atoms with Gasteiger partial charge in [-0.2, -0.15) is 0 Å². The Balaban J connectivity index is 1.50. The van der Waals surface area contributed by atoms with Crippen LogP contribution in [0.1, 0.15) is 12.8 Å². The van der Waals surface area contributed by atoms with Crippen LogP contribution in [0.5, 0.6) is 0 Å². The minimum atomic E-state index is 0.189. The van der Waals surface area contributed by atoms with Gasteiger partial charge in [-0.15, -0.1) is 0 Å². The first-order valence-corrected chi connectivity index (χ1v) is 9.62. The maximum absolute atomic E-state index is 12.0. The number of nitrogens with zero attached hydrogens (tertiary/aromatic N) is 4. The third-order valence-corrected chi connectivity index (χ3v) is 5.04. The van der Waals surface area contributed by atoms with Gasteiger partial charge < -0.3 is 10.2 Å². The highest BCUT2D eigenvalue weighted by molar-refractivity contribution is 5.96. The molecule has 2 aromatic heterocycles. The van der Waals surface area contributed by atoms with Gasteiger partial charge in [-0.3, -0.25) is 9.78 Å². The summed E-state index contributed by atoms with van der Waals surface area (Å²) in [4.78, 5) is 27.4. The summed E-state index contributed by atoms with van der Waals surface area (Å²) in [6.07, 6.45) is 5.04. The molecule has 3 heterocycles. The minimum Gasteiger partial charge on any atom is -0.340 e. The number of para-hydroxylation sites is 1. The third kappa shape index (κ3) is 3.40. The van der Waals surface area contributed by atoms with E-state index in [-0.39, 0.29) is 5.91 Å². The highest BCUT2D eigenvalue weighted by Gasteiger charge is 2.21. The van der Waals surface area contributed by atoms with Crippen LogP contribution in [0.3, 0.4) is 0 Å². The lowest BCUT2D eigenvalue weighted by Gasteiger charge is -2.16. The predicted octanol–water partition coefficient (Wildman–Crippen LogP) is 4.56. The van der Waals surface area contributed by atoms with Crippen molar-refractivity contribution in [3.63, 3.8) is 0 Å². The molecule has 1 fully saturated rings. The van der Waals surface area contributed by atoms with Gasteiger partial charge in [0.15, 0.2) is 5.82 Å². The summed E-state index contributed by atoms with van der Waals surface area (Å²) in [5.74, 6) is 1.55. The maximum Gasteiger partial charge on any atom is 0.227 e. The van der Waals surface area contributed by atoms with Gasteiger partial charge in [-0.1, -0.05) is 12.1 Å². The largest absolute Gasteiger partial charge is 0.340 e. The van der Waals surface area contributed by atoms with Crippen molar-refractivity contribution in [3.05, 3.63) is 73.1 Å². The Morgan fingerprint density at radius 2 is 1.79 bits per heavy atom. The highest BCUT2D eigenvalue weighted by Crippen LogP contribution is 2.28. The van der Waals surface area contributed by atoms with Crippen molar-refractivity contribution >= 4 is 34.0 Å². The zero-order chi connectivity index (χ0) is 19.6. The summed E-state index contributed by atoms with van der Waals surface area (Å²) in [5.41, 5.74) is 3.57. The van der Waals surface area contributed by atoms with Crippen LogP contribution in [0.2, 0.25) is 0 Å². The van der Waals surface area contributed by atoms with Crippen LogP contribution in [0.15, 0.2) is 73.1 Å². The molecule has 6 nitrogen and oxygen atoms in total. The molecular formula is C23H19N5O. The second-order valence-corrected chi connectivity index (χ2v) is 6.98. The molecule has 1 saturated heterocycles. The number of anilines is 3. The molecule has 0 radical (unpaired) electrons. The molecule has 0 unspecified atom stereocenters. The summed E-state index contributed by atoms with van der Waals surface area (Å²) in [6, 6.07) is 19.6. The van der Waals surface area contributed by atoms with Crippen molar-refractivity contribution in [2.45, 2.75) is 12.8 Å². The number of fused-ring (bicyclic) bond motifs is 1. The van der Waals surface area contributed by atoms with Gasteiger partial charge in [0.05, 0.1) is 5.52 Å². The van der Waals surface area contributed by atoms with Gasteiger partial charge in [0.1, 0.15) is 5.82 Å². The molecule has 0 spiro atoms. The van der Waals surface area contributed by atoms with E-state index in [1.165, 1.54) is 0 Å². The van der Waals surface area contributed by atoms with Gasteiger partial charge >= 0.3 is 0 Å². The summed E-state index contributed by atoms with van der Waals surface area (Å²) in [7, 11) is 0. The van der Waals surface area contributed by atoms with Crippen LogP contribution in [-0.4, -0.2) is 27.4 Å². The van der Waals surface area contributed by atoms with Gasteiger partial charge in [-0.05, 0) is 55.0 Å². The number of rotatable bonds is 4. The fourth-order valence-corrected chi connectivity index (χ4v) is 3.58. The van der Waals surface area contributed by atoms with E-state index in [4.69, 9.17) is 4.98 Å². The lowest BCUT2D eigenvalue weighted by molar-refractivity contribution is -0.117. The van der Waals surface area contributed by atoms with Gasteiger partial charge in [-0.25, -0.2) is 9.97 Å². The summed E-state index contributed by atoms with van der Waals surface area (Å²) < 4.78 is 0. The molecule has 2 aromatic carbocycles. The van der Waals surface area contributed by atoms with Gasteiger partial charge in [0, 0.05) is 47.7 Å². The van der Waals surface area contributed by atoms with Crippen molar-refractivity contribution in [1.82, 2.24) is 15.0 Å². The van der Waals surface area contributed by atoms with Crippen LogP contribution < -0.4 is 10.2 Å². The van der Waals surface area contributed by atoms with Crippen LogP contribution in [0.25, 0.3) is 22.3 Å². The second-order valence-electron chi connectivity index (χ2n) is 6.98. The standard InChI is InChI=1S/C23H19N5O/c29-21-8-4-14-28(21)18-11-9-17(10-12-18)25-23-19-6-1-2-7-20(19)26-22(27-23)16-5-3-13-24-15-16/h1-3,5-7,9-13,15H,4,8,14H2,(H,25,26,27). The van der Waals surface area contributed by atoms with Gasteiger partial charge in [0.2, 0.25) is 5.91 Å². The Morgan fingerprint density at radius 3 is 2.55 bits per heavy atom. The van der Waals surface area contributed by atoms with E-state index in [9.17, 15) is 4.79 Å². The first kappa shape index (κ1) is 17.3. The third-order valence-electron chi connectivity index (χ3n) is 5.04. The van der Waals surface area contributed by atoms with Crippen LogP contribution in [0.4, 0.5) is 17.2 Å². The first-order chi connectivity index (χ1) is 14.3. The number of pyridine rings is 1. The van der Waals surface area contributed by atoms with Crippen molar-refractivity contribution in [3.8, 4) is 11.4 Å². The number of nitrogens with one attached hydrogen (secondary N) is 1. The molecule has 1 aliphatic heterocycles. The summed E-state index contributed by atoms with van der Waals surface area (Å²) >= 11 is 0. The molecule has 1 N–H and O–H groups in total. The number of hydrogen-bond acceptors (Lipinski definition) is 5. The number of aromatic nitrogens is 3. The molecule has 0 bridgehead atoms. The molecule has 6 heteroatoms. The lowest BCUT2D eigenvalue weighted by Crippen LogP contribution is -2.23. The van der Waals surface area contributed by atoms with Crippen LogP contribution in [0, 0.1) is 0 Å². The molecule has 142 valence electrons.